The molecular formula is C13H17N5O. The molecule has 0 aromatic carbocycles. The topological polar surface area (TPSA) is 72.8 Å². The lowest BCUT2D eigenvalue weighted by molar-refractivity contribution is 0.305. The molecule has 0 unspecified atom stereocenters. The fourth-order valence-corrected chi connectivity index (χ4v) is 1.39. The number of nitrogens with zero attached hydrogens (tertiary/aromatic N) is 4. The number of hydrogen-bond acceptors (Lipinski definition) is 6. The Morgan fingerprint density at radius 3 is 2.84 bits per heavy atom. The second kappa shape index (κ2) is 6.63. The Labute approximate surface area is 112 Å². The van der Waals surface area contributed by atoms with Crippen LogP contribution in [0.15, 0.2) is 24.7 Å². The molecule has 0 saturated carbocycles. The van der Waals surface area contributed by atoms with Gasteiger partial charge in [-0.05, 0) is 13.3 Å². The van der Waals surface area contributed by atoms with Crippen LogP contribution >= 0.6 is 0 Å². The number of aromatic nitrogens is 4. The summed E-state index contributed by atoms with van der Waals surface area (Å²) in [6, 6.07) is 1.74. The van der Waals surface area contributed by atoms with E-state index in [-0.39, 0.29) is 0 Å². The molecule has 0 aliphatic heterocycles. The van der Waals surface area contributed by atoms with Crippen LogP contribution < -0.4 is 10.1 Å². The van der Waals surface area contributed by atoms with Gasteiger partial charge in [-0.1, -0.05) is 6.92 Å². The summed E-state index contributed by atoms with van der Waals surface area (Å²) < 4.78 is 5.44. The van der Waals surface area contributed by atoms with Crippen LogP contribution in [0.2, 0.25) is 0 Å². The summed E-state index contributed by atoms with van der Waals surface area (Å²) in [5, 5.41) is 3.09. The van der Waals surface area contributed by atoms with E-state index >= 15 is 0 Å². The summed E-state index contributed by atoms with van der Waals surface area (Å²) in [4.78, 5) is 16.8. The van der Waals surface area contributed by atoms with Gasteiger partial charge in [-0.15, -0.1) is 0 Å². The molecule has 19 heavy (non-hydrogen) atoms. The standard InChI is InChI=1S/C13H17N5O/c1-3-6-19-12-4-5-14-13(18-12)17-9-11-8-15-10(2)7-16-11/h4-5,7-8H,3,6,9H2,1-2H3,(H,14,17,18). The third-order valence-electron chi connectivity index (χ3n) is 2.35. The molecule has 0 saturated heterocycles. The van der Waals surface area contributed by atoms with Gasteiger partial charge in [0.25, 0.3) is 0 Å². The molecule has 0 amide bonds. The monoisotopic (exact) mass is 259 g/mol. The summed E-state index contributed by atoms with van der Waals surface area (Å²) in [7, 11) is 0. The zero-order valence-corrected chi connectivity index (χ0v) is 11.1. The van der Waals surface area contributed by atoms with Gasteiger partial charge in [0.05, 0.1) is 30.7 Å². The van der Waals surface area contributed by atoms with E-state index in [4.69, 9.17) is 4.74 Å². The Morgan fingerprint density at radius 2 is 2.11 bits per heavy atom. The SMILES string of the molecule is CCCOc1ccnc(NCc2cnc(C)cn2)n1. The van der Waals surface area contributed by atoms with Crippen molar-refractivity contribution >= 4 is 5.95 Å². The molecule has 6 nitrogen and oxygen atoms in total. The van der Waals surface area contributed by atoms with E-state index in [1.165, 1.54) is 0 Å². The molecule has 0 bridgehead atoms. The van der Waals surface area contributed by atoms with E-state index in [2.05, 4.69) is 32.2 Å². The minimum absolute atomic E-state index is 0.524. The number of anilines is 1. The van der Waals surface area contributed by atoms with Crippen LogP contribution in [0.5, 0.6) is 5.88 Å². The lowest BCUT2D eigenvalue weighted by Crippen LogP contribution is -2.06. The minimum atomic E-state index is 0.524. The van der Waals surface area contributed by atoms with Crippen LogP contribution in [0.4, 0.5) is 5.95 Å². The van der Waals surface area contributed by atoms with Gasteiger partial charge in [0.2, 0.25) is 11.8 Å². The van der Waals surface area contributed by atoms with Gasteiger partial charge in [-0.3, -0.25) is 9.97 Å². The van der Waals surface area contributed by atoms with E-state index in [1.54, 1.807) is 24.7 Å². The van der Waals surface area contributed by atoms with E-state index in [1.807, 2.05) is 6.92 Å². The van der Waals surface area contributed by atoms with E-state index in [0.29, 0.717) is 25.0 Å². The van der Waals surface area contributed by atoms with Gasteiger partial charge >= 0.3 is 0 Å². The molecule has 0 aliphatic rings. The number of ether oxygens (including phenoxy) is 1. The van der Waals surface area contributed by atoms with Crippen LogP contribution in [0.1, 0.15) is 24.7 Å². The molecule has 0 aliphatic carbocycles. The van der Waals surface area contributed by atoms with Crippen LogP contribution in [0.25, 0.3) is 0 Å². The Morgan fingerprint density at radius 1 is 1.21 bits per heavy atom. The summed E-state index contributed by atoms with van der Waals surface area (Å²) in [5.74, 6) is 1.10. The summed E-state index contributed by atoms with van der Waals surface area (Å²) in [6.45, 7) is 5.14. The zero-order chi connectivity index (χ0) is 13.5. The van der Waals surface area contributed by atoms with Gasteiger partial charge in [-0.2, -0.15) is 4.98 Å². The zero-order valence-electron chi connectivity index (χ0n) is 11.1. The molecule has 0 radical (unpaired) electrons. The average molecular weight is 259 g/mol. The highest BCUT2D eigenvalue weighted by Gasteiger charge is 2.01. The molecule has 2 aromatic rings. The van der Waals surface area contributed by atoms with Crippen molar-refractivity contribution in [3.63, 3.8) is 0 Å². The van der Waals surface area contributed by atoms with Crippen molar-refractivity contribution in [2.45, 2.75) is 26.8 Å². The molecule has 2 heterocycles. The van der Waals surface area contributed by atoms with Gasteiger partial charge in [0, 0.05) is 18.5 Å². The lowest BCUT2D eigenvalue weighted by Gasteiger charge is -2.06. The van der Waals surface area contributed by atoms with Crippen LogP contribution in [0.3, 0.4) is 0 Å². The van der Waals surface area contributed by atoms with Crippen molar-refractivity contribution in [1.29, 1.82) is 0 Å². The first kappa shape index (κ1) is 13.2. The molecule has 0 fully saturated rings. The number of nitrogens with one attached hydrogen (secondary N) is 1. The minimum Gasteiger partial charge on any atom is -0.478 e. The maximum Gasteiger partial charge on any atom is 0.226 e. The molecule has 100 valence electrons. The van der Waals surface area contributed by atoms with Crippen molar-refractivity contribution in [2.24, 2.45) is 0 Å². The first-order valence-electron chi connectivity index (χ1n) is 6.25. The second-order valence-electron chi connectivity index (χ2n) is 4.07. The Balaban J connectivity index is 1.93. The largest absolute Gasteiger partial charge is 0.478 e. The molecule has 2 rings (SSSR count). The van der Waals surface area contributed by atoms with Crippen LogP contribution in [-0.2, 0) is 6.54 Å². The Kier molecular flexibility index (Phi) is 4.60. The van der Waals surface area contributed by atoms with Crippen molar-refractivity contribution < 1.29 is 4.74 Å². The maximum atomic E-state index is 5.44. The summed E-state index contributed by atoms with van der Waals surface area (Å²) >= 11 is 0. The summed E-state index contributed by atoms with van der Waals surface area (Å²) in [5.41, 5.74) is 1.74. The molecular weight excluding hydrogens is 242 g/mol. The predicted molar refractivity (Wildman–Crippen MR) is 71.9 cm³/mol. The smallest absolute Gasteiger partial charge is 0.226 e. The van der Waals surface area contributed by atoms with Crippen LogP contribution in [0, 0.1) is 6.92 Å². The maximum absolute atomic E-state index is 5.44. The van der Waals surface area contributed by atoms with E-state index < -0.39 is 0 Å². The molecule has 0 spiro atoms. The third kappa shape index (κ3) is 4.17. The quantitative estimate of drug-likeness (QED) is 0.855. The molecule has 1 N–H and O–H groups in total. The van der Waals surface area contributed by atoms with E-state index in [0.717, 1.165) is 17.8 Å². The fourth-order valence-electron chi connectivity index (χ4n) is 1.39. The van der Waals surface area contributed by atoms with E-state index in [9.17, 15) is 0 Å². The first-order chi connectivity index (χ1) is 9.28. The Bertz CT molecular complexity index is 515. The Hall–Kier alpha value is -2.24. The second-order valence-corrected chi connectivity index (χ2v) is 4.07. The average Bonchev–Trinajstić information content (AvgIpc) is 2.45. The summed E-state index contributed by atoms with van der Waals surface area (Å²) in [6.07, 6.45) is 6.09. The third-order valence-corrected chi connectivity index (χ3v) is 2.35. The molecule has 6 heteroatoms. The van der Waals surface area contributed by atoms with Crippen molar-refractivity contribution in [2.75, 3.05) is 11.9 Å². The fraction of sp³-hybridized carbons (Fsp3) is 0.385. The highest BCUT2D eigenvalue weighted by Crippen LogP contribution is 2.09. The normalized spacial score (nSPS) is 10.2. The van der Waals surface area contributed by atoms with Gasteiger partial charge in [0.15, 0.2) is 0 Å². The van der Waals surface area contributed by atoms with Gasteiger partial charge in [0.1, 0.15) is 0 Å². The van der Waals surface area contributed by atoms with Gasteiger partial charge < -0.3 is 10.1 Å². The van der Waals surface area contributed by atoms with Crippen LogP contribution in [-0.4, -0.2) is 26.5 Å². The molecule has 2 aromatic heterocycles. The lowest BCUT2D eigenvalue weighted by atomic mass is 10.4. The highest BCUT2D eigenvalue weighted by molar-refractivity contribution is 5.28. The number of aryl methyl sites for hydroxylation is 1. The number of rotatable bonds is 6. The van der Waals surface area contributed by atoms with Crippen molar-refractivity contribution in [3.8, 4) is 5.88 Å². The van der Waals surface area contributed by atoms with Gasteiger partial charge in [-0.25, -0.2) is 4.98 Å². The number of hydrogen-bond donors (Lipinski definition) is 1. The molecule has 0 atom stereocenters. The van der Waals surface area contributed by atoms with Crippen molar-refractivity contribution in [1.82, 2.24) is 19.9 Å². The highest BCUT2D eigenvalue weighted by atomic mass is 16.5. The van der Waals surface area contributed by atoms with Crippen molar-refractivity contribution in [3.05, 3.63) is 36.0 Å². The predicted octanol–water partition coefficient (Wildman–Crippen LogP) is 1.98. The first-order valence-corrected chi connectivity index (χ1v) is 6.25.